The minimum Gasteiger partial charge on any atom is -0.324 e. The number of aryl methyl sites for hydroxylation is 1. The number of benzene rings is 1. The molecule has 2 aromatic heterocycles. The fourth-order valence-electron chi connectivity index (χ4n) is 2.10. The molecule has 4 nitrogen and oxygen atoms in total. The van der Waals surface area contributed by atoms with E-state index in [0.717, 1.165) is 16.3 Å². The minimum atomic E-state index is -0.152. The number of carbonyl (C=O) groups is 1. The van der Waals surface area contributed by atoms with Gasteiger partial charge in [-0.25, -0.2) is 4.98 Å². The van der Waals surface area contributed by atoms with Gasteiger partial charge >= 0.3 is 0 Å². The highest BCUT2D eigenvalue weighted by molar-refractivity contribution is 7.13. The van der Waals surface area contributed by atoms with Crippen molar-refractivity contribution in [2.24, 2.45) is 0 Å². The summed E-state index contributed by atoms with van der Waals surface area (Å²) in [4.78, 5) is 20.7. The van der Waals surface area contributed by atoms with Crippen LogP contribution >= 0.6 is 34.5 Å². The Kier molecular flexibility index (Phi) is 5.45. The maximum atomic E-state index is 12.1. The zero-order valence-electron chi connectivity index (χ0n) is 12.5. The Labute approximate surface area is 153 Å². The molecule has 24 heavy (non-hydrogen) atoms. The van der Waals surface area contributed by atoms with Gasteiger partial charge in [0.15, 0.2) is 0 Å². The smallest absolute Gasteiger partial charge is 0.224 e. The summed E-state index contributed by atoms with van der Waals surface area (Å²) in [5.74, 6) is -0.152. The summed E-state index contributed by atoms with van der Waals surface area (Å²) in [6, 6.07) is 8.93. The largest absolute Gasteiger partial charge is 0.324 e. The van der Waals surface area contributed by atoms with Crippen molar-refractivity contribution in [1.82, 2.24) is 9.97 Å². The fourth-order valence-corrected chi connectivity index (χ4v) is 3.44. The predicted molar refractivity (Wildman–Crippen MR) is 98.8 cm³/mol. The van der Waals surface area contributed by atoms with Gasteiger partial charge in [0.05, 0.1) is 21.4 Å². The van der Waals surface area contributed by atoms with Gasteiger partial charge in [-0.2, -0.15) is 0 Å². The normalized spacial score (nSPS) is 10.6. The monoisotopic (exact) mass is 377 g/mol. The minimum absolute atomic E-state index is 0.152. The number of hydrogen-bond acceptors (Lipinski definition) is 4. The molecule has 1 amide bonds. The third kappa shape index (κ3) is 4.12. The van der Waals surface area contributed by atoms with E-state index in [-0.39, 0.29) is 5.91 Å². The topological polar surface area (TPSA) is 54.9 Å². The number of anilines is 1. The molecular weight excluding hydrogens is 365 g/mol. The predicted octanol–water partition coefficient (Wildman–Crippen LogP) is 5.08. The molecule has 0 bridgehead atoms. The Bertz CT molecular complexity index is 832. The second-order valence-electron chi connectivity index (χ2n) is 5.03. The van der Waals surface area contributed by atoms with Gasteiger partial charge in [0, 0.05) is 29.8 Å². The van der Waals surface area contributed by atoms with Crippen molar-refractivity contribution in [2.45, 2.75) is 12.8 Å². The number of aromatic nitrogens is 2. The molecule has 1 N–H and O–H groups in total. The lowest BCUT2D eigenvalue weighted by Crippen LogP contribution is -2.13. The van der Waals surface area contributed by atoms with E-state index in [4.69, 9.17) is 23.2 Å². The molecule has 0 aliphatic heterocycles. The lowest BCUT2D eigenvalue weighted by Gasteiger charge is -2.08. The molecule has 0 saturated heterocycles. The molecule has 0 fully saturated rings. The first kappa shape index (κ1) is 16.9. The van der Waals surface area contributed by atoms with E-state index in [1.54, 1.807) is 30.6 Å². The zero-order valence-corrected chi connectivity index (χ0v) is 14.8. The maximum Gasteiger partial charge on any atom is 0.224 e. The molecule has 2 heterocycles. The van der Waals surface area contributed by atoms with Crippen molar-refractivity contribution in [3.05, 3.63) is 63.8 Å². The Hall–Kier alpha value is -1.95. The van der Waals surface area contributed by atoms with E-state index in [9.17, 15) is 4.79 Å². The summed E-state index contributed by atoms with van der Waals surface area (Å²) < 4.78 is 0. The van der Waals surface area contributed by atoms with Crippen LogP contribution in [-0.4, -0.2) is 15.9 Å². The van der Waals surface area contributed by atoms with E-state index in [1.165, 1.54) is 11.3 Å². The van der Waals surface area contributed by atoms with E-state index in [0.29, 0.717) is 28.6 Å². The van der Waals surface area contributed by atoms with E-state index >= 15 is 0 Å². The van der Waals surface area contributed by atoms with Crippen molar-refractivity contribution in [2.75, 3.05) is 5.32 Å². The average molecular weight is 378 g/mol. The highest BCUT2D eigenvalue weighted by Crippen LogP contribution is 2.30. The van der Waals surface area contributed by atoms with Gasteiger partial charge in [-0.1, -0.05) is 29.3 Å². The SMILES string of the molecule is O=C(CCc1csc(-c2cccnc2)n1)Nc1c(Cl)cccc1Cl. The molecule has 0 aliphatic rings. The maximum absolute atomic E-state index is 12.1. The molecule has 3 rings (SSSR count). The molecule has 122 valence electrons. The van der Waals surface area contributed by atoms with Crippen LogP contribution in [0, 0.1) is 0 Å². The summed E-state index contributed by atoms with van der Waals surface area (Å²) in [6.07, 6.45) is 4.35. The van der Waals surface area contributed by atoms with Crippen LogP contribution in [0.3, 0.4) is 0 Å². The van der Waals surface area contributed by atoms with Crippen molar-refractivity contribution >= 4 is 46.1 Å². The number of carbonyl (C=O) groups excluding carboxylic acids is 1. The molecule has 0 atom stereocenters. The molecule has 0 radical (unpaired) electrons. The Morgan fingerprint density at radius 2 is 1.96 bits per heavy atom. The third-order valence-electron chi connectivity index (χ3n) is 3.30. The quantitative estimate of drug-likeness (QED) is 0.673. The van der Waals surface area contributed by atoms with E-state index in [1.807, 2.05) is 17.5 Å². The summed E-state index contributed by atoms with van der Waals surface area (Å²) in [5.41, 5.74) is 2.29. The van der Waals surface area contributed by atoms with Gasteiger partial charge in [-0.15, -0.1) is 11.3 Å². The van der Waals surface area contributed by atoms with E-state index in [2.05, 4.69) is 15.3 Å². The fraction of sp³-hybridized carbons (Fsp3) is 0.118. The van der Waals surface area contributed by atoms with Crippen LogP contribution in [0.4, 0.5) is 5.69 Å². The molecule has 3 aromatic rings. The molecule has 1 aromatic carbocycles. The second kappa shape index (κ2) is 7.75. The van der Waals surface area contributed by atoms with Crippen LogP contribution in [0.15, 0.2) is 48.1 Å². The van der Waals surface area contributed by atoms with Crippen LogP contribution < -0.4 is 5.32 Å². The number of amides is 1. The van der Waals surface area contributed by atoms with Gasteiger partial charge in [-0.3, -0.25) is 9.78 Å². The molecular formula is C17H13Cl2N3OS. The van der Waals surface area contributed by atoms with Crippen LogP contribution in [0.1, 0.15) is 12.1 Å². The van der Waals surface area contributed by atoms with Gasteiger partial charge in [0.1, 0.15) is 5.01 Å². The van der Waals surface area contributed by atoms with Gasteiger partial charge in [0.2, 0.25) is 5.91 Å². The number of rotatable bonds is 5. The lowest BCUT2D eigenvalue weighted by atomic mass is 10.2. The van der Waals surface area contributed by atoms with Gasteiger partial charge in [-0.05, 0) is 30.7 Å². The second-order valence-corrected chi connectivity index (χ2v) is 6.70. The van der Waals surface area contributed by atoms with Crippen LogP contribution in [0.2, 0.25) is 10.0 Å². The summed E-state index contributed by atoms with van der Waals surface area (Å²) in [5, 5.41) is 6.44. The molecule has 7 heteroatoms. The third-order valence-corrected chi connectivity index (χ3v) is 4.87. The Morgan fingerprint density at radius 3 is 2.67 bits per heavy atom. The number of pyridine rings is 1. The number of para-hydroxylation sites is 1. The zero-order chi connectivity index (χ0) is 16.9. The number of thiazole rings is 1. The number of nitrogens with one attached hydrogen (secondary N) is 1. The first-order chi connectivity index (χ1) is 11.6. The van der Waals surface area contributed by atoms with Crippen molar-refractivity contribution in [3.8, 4) is 10.6 Å². The summed E-state index contributed by atoms with van der Waals surface area (Å²) in [7, 11) is 0. The summed E-state index contributed by atoms with van der Waals surface area (Å²) in [6.45, 7) is 0. The lowest BCUT2D eigenvalue weighted by molar-refractivity contribution is -0.116. The molecule has 0 spiro atoms. The van der Waals surface area contributed by atoms with Crippen LogP contribution in [0.5, 0.6) is 0 Å². The molecule has 0 saturated carbocycles. The highest BCUT2D eigenvalue weighted by atomic mass is 35.5. The van der Waals surface area contributed by atoms with Crippen LogP contribution in [0.25, 0.3) is 10.6 Å². The molecule has 0 unspecified atom stereocenters. The number of hydrogen-bond donors (Lipinski definition) is 1. The standard InChI is InChI=1S/C17H13Cl2N3OS/c18-13-4-1-5-14(19)16(13)22-15(23)7-6-12-10-24-17(21-12)11-3-2-8-20-9-11/h1-5,8-10H,6-7H2,(H,22,23). The number of halogens is 2. The number of nitrogens with zero attached hydrogens (tertiary/aromatic N) is 2. The first-order valence-corrected chi connectivity index (χ1v) is 8.85. The highest BCUT2D eigenvalue weighted by Gasteiger charge is 2.11. The van der Waals surface area contributed by atoms with Gasteiger partial charge in [0.25, 0.3) is 0 Å². The first-order valence-electron chi connectivity index (χ1n) is 7.22. The van der Waals surface area contributed by atoms with Crippen molar-refractivity contribution < 1.29 is 4.79 Å². The Morgan fingerprint density at radius 1 is 1.17 bits per heavy atom. The van der Waals surface area contributed by atoms with Crippen molar-refractivity contribution in [3.63, 3.8) is 0 Å². The average Bonchev–Trinajstić information content (AvgIpc) is 3.06. The van der Waals surface area contributed by atoms with E-state index < -0.39 is 0 Å². The van der Waals surface area contributed by atoms with Crippen molar-refractivity contribution in [1.29, 1.82) is 0 Å². The summed E-state index contributed by atoms with van der Waals surface area (Å²) >= 11 is 13.6. The Balaban J connectivity index is 1.60. The van der Waals surface area contributed by atoms with Crippen LogP contribution in [-0.2, 0) is 11.2 Å². The molecule has 0 aliphatic carbocycles. The van der Waals surface area contributed by atoms with Gasteiger partial charge < -0.3 is 5.32 Å².